The van der Waals surface area contributed by atoms with Crippen molar-refractivity contribution in [3.05, 3.63) is 85.4 Å². The highest BCUT2D eigenvalue weighted by atomic mass is 16.6. The largest absolute Gasteiger partial charge is 0.486 e. The number of aromatic nitrogens is 4. The minimum Gasteiger partial charge on any atom is -0.486 e. The molecule has 0 radical (unpaired) electrons. The van der Waals surface area contributed by atoms with Gasteiger partial charge in [0.2, 0.25) is 0 Å². The maximum Gasteiger partial charge on any atom is 0.339 e. The maximum absolute atomic E-state index is 13.4. The molecule has 5 rings (SSSR count). The summed E-state index contributed by atoms with van der Waals surface area (Å²) in [5.41, 5.74) is 4.47. The Balaban J connectivity index is 1.64. The van der Waals surface area contributed by atoms with E-state index in [1.54, 1.807) is 24.5 Å². The molecule has 1 saturated heterocycles. The zero-order valence-electron chi connectivity index (χ0n) is 29.2. The fourth-order valence-electron chi connectivity index (χ4n) is 5.94. The second-order valence-corrected chi connectivity index (χ2v) is 13.4. The van der Waals surface area contributed by atoms with Crippen LogP contribution in [-0.4, -0.2) is 69.7 Å². The second-order valence-electron chi connectivity index (χ2n) is 13.4. The van der Waals surface area contributed by atoms with Gasteiger partial charge in [-0.15, -0.1) is 6.58 Å². The molecule has 1 unspecified atom stereocenters. The molecule has 10 nitrogen and oxygen atoms in total. The SMILES string of the molecule is C=CCOC1(C)CCN(c2c([C@H](OC(C)(C)C)C(=O)OC)c(C)nc3cc(-c4cccc(-c5cnccc5OC(C)C=C)c4)nn23)CC1. The number of carbonyl (C=O) groups is 1. The first-order chi connectivity index (χ1) is 22.9. The molecule has 1 aromatic carbocycles. The van der Waals surface area contributed by atoms with E-state index < -0.39 is 17.7 Å². The van der Waals surface area contributed by atoms with Crippen LogP contribution >= 0.6 is 0 Å². The molecular formula is C38H47N5O5. The number of nitrogens with zero attached hydrogens (tertiary/aromatic N) is 5. The number of pyridine rings is 1. The van der Waals surface area contributed by atoms with E-state index in [-0.39, 0.29) is 11.7 Å². The van der Waals surface area contributed by atoms with E-state index in [1.807, 2.05) is 69.5 Å². The number of hydrogen-bond acceptors (Lipinski definition) is 9. The number of esters is 1. The monoisotopic (exact) mass is 653 g/mol. The molecule has 1 aliphatic heterocycles. The lowest BCUT2D eigenvalue weighted by Gasteiger charge is -2.41. The number of aryl methyl sites for hydroxylation is 1. The molecule has 0 spiro atoms. The van der Waals surface area contributed by atoms with Gasteiger partial charge in [0.25, 0.3) is 0 Å². The zero-order chi connectivity index (χ0) is 34.6. The summed E-state index contributed by atoms with van der Waals surface area (Å²) in [6.45, 7) is 21.3. The summed E-state index contributed by atoms with van der Waals surface area (Å²) in [4.78, 5) is 25.0. The Hall–Kier alpha value is -4.54. The first kappa shape index (κ1) is 34.8. The van der Waals surface area contributed by atoms with Gasteiger partial charge in [0, 0.05) is 48.4 Å². The van der Waals surface area contributed by atoms with E-state index in [4.69, 9.17) is 29.0 Å². The molecule has 48 heavy (non-hydrogen) atoms. The fraction of sp³-hybridized carbons (Fsp3) is 0.421. The molecule has 254 valence electrons. The van der Waals surface area contributed by atoms with E-state index in [9.17, 15) is 4.79 Å². The average Bonchev–Trinajstić information content (AvgIpc) is 3.49. The number of methoxy groups -OCH3 is 1. The van der Waals surface area contributed by atoms with E-state index >= 15 is 0 Å². The van der Waals surface area contributed by atoms with Crippen LogP contribution < -0.4 is 9.64 Å². The molecule has 4 aromatic rings. The number of rotatable bonds is 12. The van der Waals surface area contributed by atoms with E-state index in [1.165, 1.54) is 7.11 Å². The van der Waals surface area contributed by atoms with Crippen LogP contribution in [-0.2, 0) is 19.0 Å². The van der Waals surface area contributed by atoms with Gasteiger partial charge in [-0.2, -0.15) is 9.61 Å². The third kappa shape index (κ3) is 7.61. The van der Waals surface area contributed by atoms with Gasteiger partial charge in [0.1, 0.15) is 17.7 Å². The molecule has 0 N–H and O–H groups in total. The number of carbonyl (C=O) groups excluding carboxylic acids is 1. The predicted molar refractivity (Wildman–Crippen MR) is 188 cm³/mol. The van der Waals surface area contributed by atoms with Crippen molar-refractivity contribution >= 4 is 17.4 Å². The first-order valence-corrected chi connectivity index (χ1v) is 16.4. The van der Waals surface area contributed by atoms with Crippen molar-refractivity contribution in [3.8, 4) is 28.1 Å². The normalized spacial score (nSPS) is 15.9. The van der Waals surface area contributed by atoms with Crippen molar-refractivity contribution in [3.63, 3.8) is 0 Å². The number of hydrogen-bond donors (Lipinski definition) is 0. The van der Waals surface area contributed by atoms with Crippen LogP contribution in [0, 0.1) is 6.92 Å². The van der Waals surface area contributed by atoms with Crippen LogP contribution in [0.1, 0.15) is 64.8 Å². The lowest BCUT2D eigenvalue weighted by atomic mass is 9.92. The minimum atomic E-state index is -1.01. The highest BCUT2D eigenvalue weighted by Gasteiger charge is 2.38. The van der Waals surface area contributed by atoms with Crippen LogP contribution in [0.4, 0.5) is 5.82 Å². The summed E-state index contributed by atoms with van der Waals surface area (Å²) in [5, 5.41) is 5.13. The van der Waals surface area contributed by atoms with Crippen molar-refractivity contribution in [2.24, 2.45) is 0 Å². The number of benzene rings is 1. The molecule has 0 aliphatic carbocycles. The number of piperidine rings is 1. The molecule has 3 aromatic heterocycles. The van der Waals surface area contributed by atoms with Gasteiger partial charge in [-0.25, -0.2) is 9.78 Å². The third-order valence-electron chi connectivity index (χ3n) is 8.52. The van der Waals surface area contributed by atoms with Gasteiger partial charge in [0.15, 0.2) is 11.8 Å². The maximum atomic E-state index is 13.4. The van der Waals surface area contributed by atoms with E-state index in [2.05, 4.69) is 36.0 Å². The van der Waals surface area contributed by atoms with Crippen LogP contribution in [0.25, 0.3) is 28.0 Å². The number of ether oxygens (including phenoxy) is 4. The summed E-state index contributed by atoms with van der Waals surface area (Å²) in [6, 6.07) is 11.9. The Kier molecular flexibility index (Phi) is 10.4. The minimum absolute atomic E-state index is 0.160. The first-order valence-electron chi connectivity index (χ1n) is 16.4. The quantitative estimate of drug-likeness (QED) is 0.115. The zero-order valence-corrected chi connectivity index (χ0v) is 29.2. The van der Waals surface area contributed by atoms with Crippen LogP contribution in [0.15, 0.2) is 74.1 Å². The van der Waals surface area contributed by atoms with Crippen molar-refractivity contribution in [2.75, 3.05) is 31.7 Å². The molecule has 4 heterocycles. The Morgan fingerprint density at radius 3 is 2.52 bits per heavy atom. The molecule has 2 atom stereocenters. The number of fused-ring (bicyclic) bond motifs is 1. The van der Waals surface area contributed by atoms with Crippen LogP contribution in [0.3, 0.4) is 0 Å². The van der Waals surface area contributed by atoms with Crippen molar-refractivity contribution in [1.29, 1.82) is 0 Å². The smallest absolute Gasteiger partial charge is 0.339 e. The van der Waals surface area contributed by atoms with Crippen LogP contribution in [0.5, 0.6) is 5.75 Å². The lowest BCUT2D eigenvalue weighted by Crippen LogP contribution is -2.45. The average molecular weight is 654 g/mol. The van der Waals surface area contributed by atoms with Gasteiger partial charge < -0.3 is 23.8 Å². The Morgan fingerprint density at radius 1 is 1.12 bits per heavy atom. The van der Waals surface area contributed by atoms with Gasteiger partial charge in [-0.1, -0.05) is 36.9 Å². The summed E-state index contributed by atoms with van der Waals surface area (Å²) in [5.74, 6) is 0.981. The molecule has 1 fully saturated rings. The highest BCUT2D eigenvalue weighted by Crippen LogP contribution is 2.39. The Bertz CT molecular complexity index is 1780. The second kappa shape index (κ2) is 14.3. The molecule has 1 aliphatic rings. The summed E-state index contributed by atoms with van der Waals surface area (Å²) in [7, 11) is 1.38. The molecule has 0 saturated carbocycles. The molecular weight excluding hydrogens is 606 g/mol. The van der Waals surface area contributed by atoms with Crippen molar-refractivity contribution < 1.29 is 23.7 Å². The molecule has 0 amide bonds. The standard InChI is InChI=1S/C38H47N5O5/c1-10-21-46-38(8)16-19-42(20-17-38)35-33(34(36(44)45-9)48-37(5,6)7)26(4)40-32-23-30(41-43(32)35)28-14-12-13-27(22-28)29-24-39-18-15-31(29)47-25(3)11-2/h10-15,18,22-25,34H,1-2,16-17,19-21H2,3-9H3/t25?,34-/m0/s1. The topological polar surface area (TPSA) is 100 Å². The Morgan fingerprint density at radius 2 is 1.85 bits per heavy atom. The van der Waals surface area contributed by atoms with Gasteiger partial charge in [-0.3, -0.25) is 4.98 Å². The third-order valence-corrected chi connectivity index (χ3v) is 8.52. The molecule has 10 heteroatoms. The van der Waals surface area contributed by atoms with Gasteiger partial charge >= 0.3 is 5.97 Å². The van der Waals surface area contributed by atoms with E-state index in [0.717, 1.165) is 46.8 Å². The van der Waals surface area contributed by atoms with Crippen molar-refractivity contribution in [2.45, 2.75) is 77.8 Å². The predicted octanol–water partition coefficient (Wildman–Crippen LogP) is 7.31. The lowest BCUT2D eigenvalue weighted by molar-refractivity contribution is -0.164. The fourth-order valence-corrected chi connectivity index (χ4v) is 5.94. The van der Waals surface area contributed by atoms with E-state index in [0.29, 0.717) is 36.6 Å². The summed E-state index contributed by atoms with van der Waals surface area (Å²) < 4.78 is 25.8. The van der Waals surface area contributed by atoms with Crippen LogP contribution in [0.2, 0.25) is 0 Å². The van der Waals surface area contributed by atoms with Crippen molar-refractivity contribution in [1.82, 2.24) is 19.6 Å². The number of anilines is 1. The van der Waals surface area contributed by atoms with Gasteiger partial charge in [0.05, 0.1) is 36.2 Å². The summed E-state index contributed by atoms with van der Waals surface area (Å²) in [6.07, 6.45) is 7.44. The molecule has 0 bridgehead atoms. The van der Waals surface area contributed by atoms with Gasteiger partial charge in [-0.05, 0) is 72.1 Å². The summed E-state index contributed by atoms with van der Waals surface area (Å²) >= 11 is 0. The highest BCUT2D eigenvalue weighted by molar-refractivity contribution is 5.81. The Labute approximate surface area is 283 Å².